The molecule has 0 spiro atoms. The number of carbonyl (C=O) groups excluding carboxylic acids is 1. The first-order chi connectivity index (χ1) is 7.29. The summed E-state index contributed by atoms with van der Waals surface area (Å²) >= 11 is 0. The number of rotatable bonds is 2. The number of likely N-dealkylation sites (tertiary alicyclic amines) is 1. The molecule has 0 aliphatic carbocycles. The van der Waals surface area contributed by atoms with Crippen molar-refractivity contribution in [3.8, 4) is 0 Å². The van der Waals surface area contributed by atoms with Crippen LogP contribution in [0.3, 0.4) is 0 Å². The normalized spacial score (nSPS) is 19.8. The van der Waals surface area contributed by atoms with E-state index in [1.54, 1.807) is 14.1 Å². The monoisotopic (exact) mass is 238 g/mol. The zero-order chi connectivity index (χ0) is 12.3. The molecule has 0 saturated carbocycles. The fourth-order valence-corrected chi connectivity index (χ4v) is 1.96. The first-order valence-electron chi connectivity index (χ1n) is 5.30. The average Bonchev–Trinajstić information content (AvgIpc) is 2.15. The molecule has 0 N–H and O–H groups in total. The van der Waals surface area contributed by atoms with E-state index >= 15 is 0 Å². The number of alkyl halides is 3. The van der Waals surface area contributed by atoms with Crippen LogP contribution in [0.2, 0.25) is 0 Å². The maximum absolute atomic E-state index is 12.1. The van der Waals surface area contributed by atoms with Crippen molar-refractivity contribution in [2.75, 3.05) is 33.7 Å². The second-order valence-corrected chi connectivity index (χ2v) is 4.40. The number of piperidine rings is 1. The number of hydrogen-bond donors (Lipinski definition) is 0. The Labute approximate surface area is 93.2 Å². The second kappa shape index (κ2) is 5.03. The topological polar surface area (TPSA) is 23.6 Å². The van der Waals surface area contributed by atoms with Gasteiger partial charge in [-0.1, -0.05) is 0 Å². The van der Waals surface area contributed by atoms with Gasteiger partial charge >= 0.3 is 6.18 Å². The summed E-state index contributed by atoms with van der Waals surface area (Å²) in [5.74, 6) is -0.0915. The molecule has 0 aromatic rings. The highest BCUT2D eigenvalue weighted by Crippen LogP contribution is 2.23. The zero-order valence-corrected chi connectivity index (χ0v) is 9.55. The molecule has 0 atom stereocenters. The van der Waals surface area contributed by atoms with Crippen LogP contribution in [-0.4, -0.2) is 55.6 Å². The lowest BCUT2D eigenvalue weighted by atomic mass is 9.95. The molecule has 1 aliphatic rings. The molecule has 0 aromatic carbocycles. The third kappa shape index (κ3) is 4.00. The Bertz CT molecular complexity index is 245. The van der Waals surface area contributed by atoms with Gasteiger partial charge in [0, 0.05) is 20.0 Å². The van der Waals surface area contributed by atoms with Gasteiger partial charge in [0.1, 0.15) is 0 Å². The van der Waals surface area contributed by atoms with Crippen molar-refractivity contribution in [3.05, 3.63) is 0 Å². The Morgan fingerprint density at radius 2 is 1.81 bits per heavy atom. The van der Waals surface area contributed by atoms with Gasteiger partial charge in [-0.15, -0.1) is 0 Å². The van der Waals surface area contributed by atoms with Gasteiger partial charge < -0.3 is 4.90 Å². The minimum Gasteiger partial charge on any atom is -0.349 e. The lowest BCUT2D eigenvalue weighted by Crippen LogP contribution is -2.43. The van der Waals surface area contributed by atoms with E-state index in [0.717, 1.165) is 0 Å². The van der Waals surface area contributed by atoms with Gasteiger partial charge in [-0.3, -0.25) is 9.69 Å². The molecule has 0 aromatic heterocycles. The Balaban J connectivity index is 2.37. The Hall–Kier alpha value is -0.780. The predicted molar refractivity (Wildman–Crippen MR) is 53.9 cm³/mol. The van der Waals surface area contributed by atoms with Crippen molar-refractivity contribution in [2.45, 2.75) is 19.0 Å². The van der Waals surface area contributed by atoms with Gasteiger partial charge in [0.2, 0.25) is 5.91 Å². The van der Waals surface area contributed by atoms with Crippen LogP contribution >= 0.6 is 0 Å². The molecule has 16 heavy (non-hydrogen) atoms. The number of amides is 1. The lowest BCUT2D eigenvalue weighted by molar-refractivity contribution is -0.150. The summed E-state index contributed by atoms with van der Waals surface area (Å²) in [5, 5.41) is 0. The molecule has 0 radical (unpaired) electrons. The molecule has 1 aliphatic heterocycles. The van der Waals surface area contributed by atoms with Crippen molar-refractivity contribution < 1.29 is 18.0 Å². The van der Waals surface area contributed by atoms with E-state index in [4.69, 9.17) is 0 Å². The Kier molecular flexibility index (Phi) is 4.18. The van der Waals surface area contributed by atoms with E-state index < -0.39 is 12.7 Å². The highest BCUT2D eigenvalue weighted by atomic mass is 19.4. The van der Waals surface area contributed by atoms with Gasteiger partial charge in [0.15, 0.2) is 0 Å². The zero-order valence-electron chi connectivity index (χ0n) is 9.55. The number of halogens is 3. The smallest absolute Gasteiger partial charge is 0.349 e. The Morgan fingerprint density at radius 1 is 1.31 bits per heavy atom. The molecule has 0 bridgehead atoms. The summed E-state index contributed by atoms with van der Waals surface area (Å²) < 4.78 is 36.3. The van der Waals surface area contributed by atoms with Gasteiger partial charge in [0.05, 0.1) is 6.54 Å². The van der Waals surface area contributed by atoms with Crippen molar-refractivity contribution in [1.82, 2.24) is 9.80 Å². The maximum Gasteiger partial charge on any atom is 0.401 e. The van der Waals surface area contributed by atoms with Crippen LogP contribution in [0.25, 0.3) is 0 Å². The molecule has 1 heterocycles. The van der Waals surface area contributed by atoms with Crippen molar-refractivity contribution in [2.24, 2.45) is 5.92 Å². The molecule has 1 rings (SSSR count). The van der Waals surface area contributed by atoms with Crippen molar-refractivity contribution in [1.29, 1.82) is 0 Å². The molecule has 1 amide bonds. The molecular weight excluding hydrogens is 221 g/mol. The number of hydrogen-bond acceptors (Lipinski definition) is 2. The number of nitrogens with zero attached hydrogens (tertiary/aromatic N) is 2. The van der Waals surface area contributed by atoms with Crippen LogP contribution < -0.4 is 0 Å². The van der Waals surface area contributed by atoms with E-state index in [2.05, 4.69) is 0 Å². The van der Waals surface area contributed by atoms with E-state index in [1.807, 2.05) is 0 Å². The highest BCUT2D eigenvalue weighted by molar-refractivity contribution is 5.78. The van der Waals surface area contributed by atoms with E-state index in [9.17, 15) is 18.0 Å². The summed E-state index contributed by atoms with van der Waals surface area (Å²) in [6.45, 7) is -0.163. The predicted octanol–water partition coefficient (Wildman–Crippen LogP) is 1.35. The fourth-order valence-electron chi connectivity index (χ4n) is 1.96. The van der Waals surface area contributed by atoms with Crippen molar-refractivity contribution in [3.63, 3.8) is 0 Å². The quantitative estimate of drug-likeness (QED) is 0.725. The van der Waals surface area contributed by atoms with E-state index in [1.165, 1.54) is 9.80 Å². The average molecular weight is 238 g/mol. The van der Waals surface area contributed by atoms with Crippen LogP contribution in [0, 0.1) is 5.92 Å². The standard InChI is InChI=1S/C10H17F3N2O/c1-14(2)9(16)8-3-5-15(6-4-8)7-10(11,12)13/h8H,3-7H2,1-2H3. The molecule has 0 unspecified atom stereocenters. The fraction of sp³-hybridized carbons (Fsp3) is 0.900. The van der Waals surface area contributed by atoms with Crippen LogP contribution in [0.1, 0.15) is 12.8 Å². The largest absolute Gasteiger partial charge is 0.401 e. The summed E-state index contributed by atoms with van der Waals surface area (Å²) in [6, 6.07) is 0. The van der Waals surface area contributed by atoms with E-state index in [0.29, 0.717) is 25.9 Å². The van der Waals surface area contributed by atoms with Crippen LogP contribution in [0.5, 0.6) is 0 Å². The Morgan fingerprint density at radius 3 is 2.19 bits per heavy atom. The maximum atomic E-state index is 12.1. The molecule has 1 fully saturated rings. The molecular formula is C10H17F3N2O. The lowest BCUT2D eigenvalue weighted by Gasteiger charge is -2.32. The number of carbonyl (C=O) groups is 1. The third-order valence-electron chi connectivity index (χ3n) is 2.78. The minimum absolute atomic E-state index is 0.0201. The highest BCUT2D eigenvalue weighted by Gasteiger charge is 2.34. The van der Waals surface area contributed by atoms with Gasteiger partial charge in [-0.2, -0.15) is 13.2 Å². The van der Waals surface area contributed by atoms with Crippen LogP contribution in [-0.2, 0) is 4.79 Å². The SMILES string of the molecule is CN(C)C(=O)C1CCN(CC(F)(F)F)CC1. The van der Waals surface area contributed by atoms with Crippen molar-refractivity contribution >= 4 is 5.91 Å². The van der Waals surface area contributed by atoms with Crippen LogP contribution in [0.4, 0.5) is 13.2 Å². The summed E-state index contributed by atoms with van der Waals surface area (Å²) in [6.07, 6.45) is -3.10. The summed E-state index contributed by atoms with van der Waals surface area (Å²) in [4.78, 5) is 14.4. The molecule has 94 valence electrons. The molecule has 3 nitrogen and oxygen atoms in total. The van der Waals surface area contributed by atoms with E-state index in [-0.39, 0.29) is 11.8 Å². The first kappa shape index (κ1) is 13.3. The minimum atomic E-state index is -4.14. The van der Waals surface area contributed by atoms with Gasteiger partial charge in [0.25, 0.3) is 0 Å². The second-order valence-electron chi connectivity index (χ2n) is 4.40. The first-order valence-corrected chi connectivity index (χ1v) is 5.30. The van der Waals surface area contributed by atoms with Gasteiger partial charge in [-0.05, 0) is 25.9 Å². The molecule has 1 saturated heterocycles. The van der Waals surface area contributed by atoms with Crippen LogP contribution in [0.15, 0.2) is 0 Å². The summed E-state index contributed by atoms with van der Waals surface area (Å²) in [7, 11) is 3.34. The van der Waals surface area contributed by atoms with Gasteiger partial charge in [-0.25, -0.2) is 0 Å². The molecule has 6 heteroatoms. The summed E-state index contributed by atoms with van der Waals surface area (Å²) in [5.41, 5.74) is 0. The third-order valence-corrected chi connectivity index (χ3v) is 2.78.